The number of ether oxygens (including phenoxy) is 2. The van der Waals surface area contributed by atoms with Crippen LogP contribution in [0.3, 0.4) is 0 Å². The molecule has 0 spiro atoms. The normalized spacial score (nSPS) is 23.8. The predicted molar refractivity (Wildman–Crippen MR) is 164 cm³/mol. The molecule has 2 saturated heterocycles. The quantitative estimate of drug-likeness (QED) is 0.508. The maximum Gasteiger partial charge on any atom is 0.410 e. The number of hydrogen-bond acceptors (Lipinski definition) is 9. The molecule has 4 heterocycles. The van der Waals surface area contributed by atoms with Crippen molar-refractivity contribution in [3.8, 4) is 0 Å². The van der Waals surface area contributed by atoms with Crippen molar-refractivity contribution >= 4 is 29.6 Å². The van der Waals surface area contributed by atoms with E-state index in [0.717, 1.165) is 56.1 Å². The lowest BCUT2D eigenvalue weighted by Crippen LogP contribution is -2.39. The minimum absolute atomic E-state index is 0.0605. The number of nitrogens with two attached hydrogens (primary N) is 1. The zero-order valence-electron chi connectivity index (χ0n) is 24.5. The molecule has 2 unspecified atom stereocenters. The van der Waals surface area contributed by atoms with Crippen molar-refractivity contribution in [2.45, 2.75) is 37.5 Å². The van der Waals surface area contributed by atoms with Crippen molar-refractivity contribution < 1.29 is 19.1 Å². The van der Waals surface area contributed by atoms with E-state index in [2.05, 4.69) is 50.6 Å². The summed E-state index contributed by atoms with van der Waals surface area (Å²) >= 11 is 0. The van der Waals surface area contributed by atoms with Gasteiger partial charge in [-0.15, -0.1) is 0 Å². The smallest absolute Gasteiger partial charge is 0.410 e. The van der Waals surface area contributed by atoms with Gasteiger partial charge in [-0.1, -0.05) is 36.4 Å². The molecule has 3 aliphatic heterocycles. The standard InChI is InChI=1S/C32H39N7O4/c1-37-20-26(18-35-37)25-16-29(30(33)34-17-25)31(40)36-27-9-10-39(21-27)32(41)43-28-4-2-3-24(15-28)23-7-5-22(6-8-23)19-38-11-13-42-14-12-38/h2-3,5-8,15-18,26-28H,4,9-14,19-21H2,1H3,(H2,33,34)(H,36,40)/t26?,27-,28?/m1/s1. The maximum atomic E-state index is 13.1. The van der Waals surface area contributed by atoms with Crippen LogP contribution in [0.5, 0.6) is 0 Å². The Bertz CT molecular complexity index is 1420. The molecular weight excluding hydrogens is 546 g/mol. The van der Waals surface area contributed by atoms with Gasteiger partial charge >= 0.3 is 6.09 Å². The number of nitrogens with zero attached hydrogens (tertiary/aromatic N) is 5. The van der Waals surface area contributed by atoms with Crippen LogP contribution in [0, 0.1) is 0 Å². The number of anilines is 1. The topological polar surface area (TPSA) is 126 Å². The Labute approximate surface area is 252 Å². The van der Waals surface area contributed by atoms with Crippen LogP contribution in [0.25, 0.3) is 5.57 Å². The zero-order chi connectivity index (χ0) is 29.8. The molecule has 0 bridgehead atoms. The largest absolute Gasteiger partial charge is 0.441 e. The molecule has 2 amide bonds. The lowest BCUT2D eigenvalue weighted by molar-refractivity contribution is 0.0342. The number of hydrazone groups is 1. The molecule has 6 rings (SSSR count). The fourth-order valence-electron chi connectivity index (χ4n) is 5.90. The van der Waals surface area contributed by atoms with Gasteiger partial charge in [-0.2, -0.15) is 5.10 Å². The average Bonchev–Trinajstić information content (AvgIpc) is 3.68. The van der Waals surface area contributed by atoms with Gasteiger partial charge in [-0.05, 0) is 40.8 Å². The first-order valence-corrected chi connectivity index (χ1v) is 15.0. The van der Waals surface area contributed by atoms with Crippen molar-refractivity contribution in [2.75, 3.05) is 58.7 Å². The van der Waals surface area contributed by atoms with E-state index in [1.807, 2.05) is 30.4 Å². The molecular formula is C32H39N7O4. The van der Waals surface area contributed by atoms with E-state index in [0.29, 0.717) is 31.5 Å². The predicted octanol–water partition coefficient (Wildman–Crippen LogP) is 2.86. The van der Waals surface area contributed by atoms with Gasteiger partial charge in [0.25, 0.3) is 5.91 Å². The van der Waals surface area contributed by atoms with E-state index >= 15 is 0 Å². The molecule has 1 aliphatic carbocycles. The highest BCUT2D eigenvalue weighted by molar-refractivity contribution is 5.99. The summed E-state index contributed by atoms with van der Waals surface area (Å²) in [6.07, 6.45) is 10.2. The SMILES string of the molecule is CN1CC(c2cnc(N)c(C(=O)N[C@@H]3CCN(C(=O)OC4C=C(c5ccc(CN6CCOCC6)cc5)C=CC4)C3)c2)C=N1. The third-order valence-electron chi connectivity index (χ3n) is 8.38. The highest BCUT2D eigenvalue weighted by Gasteiger charge is 2.31. The van der Waals surface area contributed by atoms with E-state index in [9.17, 15) is 9.59 Å². The van der Waals surface area contributed by atoms with Gasteiger partial charge in [-0.25, -0.2) is 9.78 Å². The van der Waals surface area contributed by atoms with Crippen molar-refractivity contribution in [3.63, 3.8) is 0 Å². The highest BCUT2D eigenvalue weighted by atomic mass is 16.6. The van der Waals surface area contributed by atoms with Gasteiger partial charge in [-0.3, -0.25) is 14.7 Å². The van der Waals surface area contributed by atoms with Crippen molar-refractivity contribution in [1.82, 2.24) is 25.1 Å². The Morgan fingerprint density at radius 3 is 2.72 bits per heavy atom. The summed E-state index contributed by atoms with van der Waals surface area (Å²) in [4.78, 5) is 34.4. The summed E-state index contributed by atoms with van der Waals surface area (Å²) in [5.74, 6) is -0.0555. The van der Waals surface area contributed by atoms with Crippen molar-refractivity contribution in [1.29, 1.82) is 0 Å². The van der Waals surface area contributed by atoms with Gasteiger partial charge < -0.3 is 25.4 Å². The monoisotopic (exact) mass is 585 g/mol. The molecule has 226 valence electrons. The van der Waals surface area contributed by atoms with Crippen molar-refractivity contribution in [3.05, 3.63) is 77.0 Å². The number of likely N-dealkylation sites (tertiary alicyclic amines) is 1. The van der Waals surface area contributed by atoms with Crippen LogP contribution in [-0.4, -0.2) is 103 Å². The van der Waals surface area contributed by atoms with E-state index in [1.165, 1.54) is 5.56 Å². The number of amides is 2. The van der Waals surface area contributed by atoms with E-state index < -0.39 is 0 Å². The number of pyridine rings is 1. The van der Waals surface area contributed by atoms with Crippen LogP contribution in [0.15, 0.2) is 59.9 Å². The number of morpholine rings is 1. The summed E-state index contributed by atoms with van der Waals surface area (Å²) in [7, 11) is 1.90. The Balaban J connectivity index is 1.01. The van der Waals surface area contributed by atoms with Crippen LogP contribution >= 0.6 is 0 Å². The van der Waals surface area contributed by atoms with E-state index in [1.54, 1.807) is 17.2 Å². The van der Waals surface area contributed by atoms with E-state index in [-0.39, 0.29) is 35.9 Å². The summed E-state index contributed by atoms with van der Waals surface area (Å²) < 4.78 is 11.3. The lowest BCUT2D eigenvalue weighted by atomic mass is 9.97. The average molecular weight is 586 g/mol. The molecule has 43 heavy (non-hydrogen) atoms. The van der Waals surface area contributed by atoms with E-state index in [4.69, 9.17) is 15.2 Å². The first kappa shape index (κ1) is 28.9. The maximum absolute atomic E-state index is 13.1. The second kappa shape index (κ2) is 13.0. The molecule has 0 saturated carbocycles. The number of nitrogen functional groups attached to an aromatic ring is 1. The summed E-state index contributed by atoms with van der Waals surface area (Å²) in [6, 6.07) is 10.2. The molecule has 4 aliphatic rings. The Hall–Kier alpha value is -4.22. The fourth-order valence-corrected chi connectivity index (χ4v) is 5.90. The number of carbonyl (C=O) groups is 2. The number of likely N-dealkylation sites (N-methyl/N-ethyl adjacent to an activating group) is 1. The van der Waals surface area contributed by atoms with Crippen LogP contribution < -0.4 is 11.1 Å². The second-order valence-electron chi connectivity index (χ2n) is 11.6. The third-order valence-corrected chi connectivity index (χ3v) is 8.38. The molecule has 11 nitrogen and oxygen atoms in total. The van der Waals surface area contributed by atoms with Gasteiger partial charge in [0.1, 0.15) is 11.9 Å². The Kier molecular flexibility index (Phi) is 8.71. The number of rotatable bonds is 7. The molecule has 11 heteroatoms. The summed E-state index contributed by atoms with van der Waals surface area (Å²) in [5.41, 5.74) is 10.7. The number of allylic oxidation sites excluding steroid dienone is 2. The Morgan fingerprint density at radius 1 is 1.14 bits per heavy atom. The minimum atomic E-state index is -0.374. The fraction of sp³-hybridized carbons (Fsp3) is 0.438. The van der Waals surface area contributed by atoms with Gasteiger partial charge in [0.2, 0.25) is 0 Å². The molecule has 2 fully saturated rings. The number of nitrogens with one attached hydrogen (secondary N) is 1. The third kappa shape index (κ3) is 7.06. The van der Waals surface area contributed by atoms with Gasteiger partial charge in [0.05, 0.1) is 18.8 Å². The van der Waals surface area contributed by atoms with Crippen molar-refractivity contribution in [2.24, 2.45) is 5.10 Å². The lowest BCUT2D eigenvalue weighted by Gasteiger charge is -2.26. The van der Waals surface area contributed by atoms with Crippen LogP contribution in [0.1, 0.15) is 45.8 Å². The van der Waals surface area contributed by atoms with Gasteiger partial charge in [0.15, 0.2) is 0 Å². The number of hydrogen-bond donors (Lipinski definition) is 2. The number of benzene rings is 1. The van der Waals surface area contributed by atoms with Crippen LogP contribution in [-0.2, 0) is 16.0 Å². The molecule has 1 aromatic heterocycles. The first-order chi connectivity index (χ1) is 20.9. The molecule has 3 N–H and O–H groups in total. The first-order valence-electron chi connectivity index (χ1n) is 15.0. The Morgan fingerprint density at radius 2 is 1.95 bits per heavy atom. The number of aromatic nitrogens is 1. The van der Waals surface area contributed by atoms with Crippen LogP contribution in [0.4, 0.5) is 10.6 Å². The van der Waals surface area contributed by atoms with Gasteiger partial charge in [0, 0.05) is 77.1 Å². The summed E-state index contributed by atoms with van der Waals surface area (Å²) in [5, 5.41) is 9.14. The molecule has 1 aromatic carbocycles. The highest BCUT2D eigenvalue weighted by Crippen LogP contribution is 2.26. The molecule has 3 atom stereocenters. The second-order valence-corrected chi connectivity index (χ2v) is 11.6. The molecule has 2 aromatic rings. The van der Waals surface area contributed by atoms with Crippen LogP contribution in [0.2, 0.25) is 0 Å². The summed E-state index contributed by atoms with van der Waals surface area (Å²) in [6.45, 7) is 6.02. The number of carbonyl (C=O) groups excluding carboxylic acids is 2. The minimum Gasteiger partial charge on any atom is -0.441 e. The molecule has 0 radical (unpaired) electrons. The zero-order valence-corrected chi connectivity index (χ0v) is 24.5.